The van der Waals surface area contributed by atoms with Gasteiger partial charge in [0.25, 0.3) is 0 Å². The van der Waals surface area contributed by atoms with Crippen LogP contribution in [-0.4, -0.2) is 40.9 Å². The molecule has 0 aliphatic rings. The van der Waals surface area contributed by atoms with Gasteiger partial charge in [-0.3, -0.25) is 4.79 Å². The van der Waals surface area contributed by atoms with Crippen LogP contribution in [0.1, 0.15) is 6.92 Å². The van der Waals surface area contributed by atoms with Crippen molar-refractivity contribution in [1.82, 2.24) is 14.9 Å². The number of carbonyl (C=O) groups excluding carboxylic acids is 1. The lowest BCUT2D eigenvalue weighted by Crippen LogP contribution is -2.38. The Morgan fingerprint density at radius 2 is 2.28 bits per heavy atom. The summed E-state index contributed by atoms with van der Waals surface area (Å²) in [4.78, 5) is 15.1. The molecule has 8 heteroatoms. The molecule has 0 saturated carbocycles. The van der Waals surface area contributed by atoms with E-state index >= 15 is 0 Å². The largest absolute Gasteiger partial charge is 0.411 e. The summed E-state index contributed by atoms with van der Waals surface area (Å²) in [6.45, 7) is 0.205. The number of nitrogens with one attached hydrogen (secondary N) is 1. The Hall–Kier alpha value is -1.57. The van der Waals surface area contributed by atoms with Crippen LogP contribution >= 0.6 is 0 Å². The fourth-order valence-electron chi connectivity index (χ4n) is 1.33. The van der Waals surface area contributed by atoms with Gasteiger partial charge in [0.05, 0.1) is 6.33 Å². The molecule has 1 aromatic rings. The number of halogens is 3. The van der Waals surface area contributed by atoms with Gasteiger partial charge in [-0.25, -0.2) is 4.98 Å². The summed E-state index contributed by atoms with van der Waals surface area (Å²) in [5.74, 6) is -0.577. The molecule has 1 N–H and O–H groups in total. The van der Waals surface area contributed by atoms with Gasteiger partial charge in [-0.2, -0.15) is 13.2 Å². The molecule has 18 heavy (non-hydrogen) atoms. The Labute approximate surface area is 102 Å². The molecule has 5 nitrogen and oxygen atoms in total. The minimum absolute atomic E-state index is 0.221. The number of imidazole rings is 1. The molecule has 102 valence electrons. The van der Waals surface area contributed by atoms with E-state index < -0.39 is 25.3 Å². The van der Waals surface area contributed by atoms with E-state index in [1.54, 1.807) is 30.2 Å². The van der Waals surface area contributed by atoms with Crippen LogP contribution in [0.4, 0.5) is 13.2 Å². The Morgan fingerprint density at radius 3 is 2.83 bits per heavy atom. The van der Waals surface area contributed by atoms with Gasteiger partial charge in [-0.15, -0.1) is 0 Å². The number of ether oxygens (including phenoxy) is 1. The van der Waals surface area contributed by atoms with Crippen molar-refractivity contribution in [1.29, 1.82) is 0 Å². The standard InChI is InChI=1S/C10H14F3N3O2/c1-8(4-16-3-2-14-7-16)15-9(17)5-18-6-10(11,12)13/h2-3,7-8H,4-6H2,1H3,(H,15,17). The lowest BCUT2D eigenvalue weighted by atomic mass is 10.3. The molecule has 1 heterocycles. The van der Waals surface area contributed by atoms with Gasteiger partial charge in [0.1, 0.15) is 13.2 Å². The highest BCUT2D eigenvalue weighted by Crippen LogP contribution is 2.14. The summed E-state index contributed by atoms with van der Waals surface area (Å²) in [7, 11) is 0. The molecule has 1 amide bonds. The van der Waals surface area contributed by atoms with E-state index in [-0.39, 0.29) is 6.04 Å². The molecule has 0 saturated heterocycles. The first-order chi connectivity index (χ1) is 8.37. The van der Waals surface area contributed by atoms with E-state index in [4.69, 9.17) is 0 Å². The first kappa shape index (κ1) is 14.5. The van der Waals surface area contributed by atoms with Gasteiger partial charge in [-0.1, -0.05) is 0 Å². The third-order valence-electron chi connectivity index (χ3n) is 1.95. The van der Waals surface area contributed by atoms with Crippen LogP contribution in [0.3, 0.4) is 0 Å². The topological polar surface area (TPSA) is 56.2 Å². The van der Waals surface area contributed by atoms with Gasteiger partial charge in [0.2, 0.25) is 5.91 Å². The first-order valence-electron chi connectivity index (χ1n) is 5.26. The average molecular weight is 265 g/mol. The van der Waals surface area contributed by atoms with E-state index in [0.717, 1.165) is 0 Å². The monoisotopic (exact) mass is 265 g/mol. The number of carbonyl (C=O) groups is 1. The number of nitrogens with zero attached hydrogens (tertiary/aromatic N) is 2. The maximum absolute atomic E-state index is 11.8. The minimum Gasteiger partial charge on any atom is -0.362 e. The van der Waals surface area contributed by atoms with Crippen molar-refractivity contribution >= 4 is 5.91 Å². The van der Waals surface area contributed by atoms with Crippen molar-refractivity contribution in [2.75, 3.05) is 13.2 Å². The molecule has 0 radical (unpaired) electrons. The highest BCUT2D eigenvalue weighted by atomic mass is 19.4. The number of aromatic nitrogens is 2. The van der Waals surface area contributed by atoms with Crippen molar-refractivity contribution in [3.05, 3.63) is 18.7 Å². The normalized spacial score (nSPS) is 13.3. The first-order valence-corrected chi connectivity index (χ1v) is 5.26. The zero-order valence-electron chi connectivity index (χ0n) is 9.78. The summed E-state index contributed by atoms with van der Waals surface area (Å²) in [6, 6.07) is -0.221. The Balaban J connectivity index is 2.19. The fraction of sp³-hybridized carbons (Fsp3) is 0.600. The van der Waals surface area contributed by atoms with E-state index in [1.165, 1.54) is 0 Å². The number of amides is 1. The number of rotatable bonds is 6. The maximum Gasteiger partial charge on any atom is 0.411 e. The molecule has 0 aliphatic carbocycles. The van der Waals surface area contributed by atoms with Crippen LogP contribution in [0.2, 0.25) is 0 Å². The Kier molecular flexibility index (Phi) is 5.14. The molecule has 0 bridgehead atoms. The average Bonchev–Trinajstić information content (AvgIpc) is 2.67. The molecule has 0 aliphatic heterocycles. The third kappa shape index (κ3) is 6.24. The van der Waals surface area contributed by atoms with Crippen LogP contribution in [-0.2, 0) is 16.1 Å². The molecule has 1 unspecified atom stereocenters. The molecular formula is C10H14F3N3O2. The lowest BCUT2D eigenvalue weighted by molar-refractivity contribution is -0.175. The summed E-state index contributed by atoms with van der Waals surface area (Å²) in [6.07, 6.45) is 0.495. The molecular weight excluding hydrogens is 251 g/mol. The summed E-state index contributed by atoms with van der Waals surface area (Å²) < 4.78 is 41.3. The number of hydrogen-bond donors (Lipinski definition) is 1. The van der Waals surface area contributed by atoms with E-state index in [2.05, 4.69) is 15.0 Å². The molecule has 0 fully saturated rings. The van der Waals surface area contributed by atoms with Crippen molar-refractivity contribution in [3.8, 4) is 0 Å². The number of hydrogen-bond acceptors (Lipinski definition) is 3. The zero-order chi connectivity index (χ0) is 13.6. The smallest absolute Gasteiger partial charge is 0.362 e. The van der Waals surface area contributed by atoms with E-state index in [0.29, 0.717) is 6.54 Å². The molecule has 1 aromatic heterocycles. The van der Waals surface area contributed by atoms with E-state index in [9.17, 15) is 18.0 Å². The van der Waals surface area contributed by atoms with Crippen molar-refractivity contribution in [3.63, 3.8) is 0 Å². The second-order valence-electron chi connectivity index (χ2n) is 3.84. The second kappa shape index (κ2) is 6.39. The van der Waals surface area contributed by atoms with Crippen LogP contribution in [0, 0.1) is 0 Å². The van der Waals surface area contributed by atoms with Crippen LogP contribution < -0.4 is 5.32 Å². The molecule has 1 rings (SSSR count). The highest BCUT2D eigenvalue weighted by molar-refractivity contribution is 5.77. The van der Waals surface area contributed by atoms with E-state index in [1.807, 2.05) is 0 Å². The fourth-order valence-corrected chi connectivity index (χ4v) is 1.33. The second-order valence-corrected chi connectivity index (χ2v) is 3.84. The van der Waals surface area contributed by atoms with Crippen LogP contribution in [0.5, 0.6) is 0 Å². The Bertz CT molecular complexity index is 365. The SMILES string of the molecule is CC(Cn1ccnc1)NC(=O)COCC(F)(F)F. The van der Waals surface area contributed by atoms with Crippen molar-refractivity contribution < 1.29 is 22.7 Å². The molecule has 0 spiro atoms. The molecule has 0 aromatic carbocycles. The van der Waals surface area contributed by atoms with Gasteiger partial charge < -0.3 is 14.6 Å². The quantitative estimate of drug-likeness (QED) is 0.833. The maximum atomic E-state index is 11.8. The lowest BCUT2D eigenvalue weighted by Gasteiger charge is -2.14. The predicted molar refractivity (Wildman–Crippen MR) is 56.7 cm³/mol. The van der Waals surface area contributed by atoms with Crippen LogP contribution in [0.25, 0.3) is 0 Å². The van der Waals surface area contributed by atoms with Crippen molar-refractivity contribution in [2.45, 2.75) is 25.7 Å². The molecule has 1 atom stereocenters. The third-order valence-corrected chi connectivity index (χ3v) is 1.95. The van der Waals surface area contributed by atoms with Gasteiger partial charge >= 0.3 is 6.18 Å². The highest BCUT2D eigenvalue weighted by Gasteiger charge is 2.27. The summed E-state index contributed by atoms with van der Waals surface area (Å²) in [5, 5.41) is 2.52. The van der Waals surface area contributed by atoms with Gasteiger partial charge in [0.15, 0.2) is 0 Å². The zero-order valence-corrected chi connectivity index (χ0v) is 9.78. The van der Waals surface area contributed by atoms with Gasteiger partial charge in [-0.05, 0) is 6.92 Å². The predicted octanol–water partition coefficient (Wildman–Crippen LogP) is 0.967. The van der Waals surface area contributed by atoms with Crippen molar-refractivity contribution in [2.24, 2.45) is 0 Å². The van der Waals surface area contributed by atoms with Crippen LogP contribution in [0.15, 0.2) is 18.7 Å². The Morgan fingerprint density at radius 1 is 1.56 bits per heavy atom. The summed E-state index contributed by atoms with van der Waals surface area (Å²) >= 11 is 0. The minimum atomic E-state index is -4.41. The number of alkyl halides is 3. The summed E-state index contributed by atoms with van der Waals surface area (Å²) in [5.41, 5.74) is 0. The van der Waals surface area contributed by atoms with Gasteiger partial charge in [0, 0.05) is 25.0 Å².